The molecule has 11 heteroatoms. The van der Waals surface area contributed by atoms with Crippen LogP contribution < -0.4 is 29.4 Å². The average Bonchev–Trinajstić information content (AvgIpc) is 3.04. The van der Waals surface area contributed by atoms with Gasteiger partial charge in [-0.05, 0) is 0 Å². The topological polar surface area (TPSA) is 138 Å². The minimum absolute atomic E-state index is 0. The SMILES string of the molecule is C=CCc1ccccc1C(C[PH]([O-])([O-])[O-])c1ccccc1CC=C.C=CCc1ccccc1C(C[PH]([O-])([O-])[O-])c1ccccc1CC=C.[Pt+2].[Pt+2].[Pt+2]. The molecule has 0 N–H and O–H groups in total. The van der Waals surface area contributed by atoms with Crippen molar-refractivity contribution in [2.45, 2.75) is 37.5 Å². The fraction of sp³-hybridized carbons (Fsp3) is 0.200. The smallest absolute Gasteiger partial charge is 2.00 e. The van der Waals surface area contributed by atoms with Gasteiger partial charge in [0.05, 0.1) is 0 Å². The van der Waals surface area contributed by atoms with Gasteiger partial charge in [-0.25, -0.2) is 0 Å². The van der Waals surface area contributed by atoms with Gasteiger partial charge in [-0.2, -0.15) is 0 Å². The van der Waals surface area contributed by atoms with Gasteiger partial charge in [0.2, 0.25) is 0 Å². The van der Waals surface area contributed by atoms with Crippen LogP contribution in [0.25, 0.3) is 0 Å². The summed E-state index contributed by atoms with van der Waals surface area (Å²) in [6.07, 6.45) is 8.81. The molecule has 0 radical (unpaired) electrons. The Morgan fingerprint density at radius 3 is 0.765 bits per heavy atom. The predicted molar refractivity (Wildman–Crippen MR) is 191 cm³/mol. The molecule has 280 valence electrons. The summed E-state index contributed by atoms with van der Waals surface area (Å²) in [5.41, 5.74) is 7.44. The summed E-state index contributed by atoms with van der Waals surface area (Å²) >= 11 is 0. The second-order valence-corrected chi connectivity index (χ2v) is 15.2. The van der Waals surface area contributed by atoms with Gasteiger partial charge in [0.15, 0.2) is 0 Å². The van der Waals surface area contributed by atoms with Crippen LogP contribution in [0.15, 0.2) is 148 Å². The van der Waals surface area contributed by atoms with Gasteiger partial charge in [0, 0.05) is 0 Å². The first-order chi connectivity index (χ1) is 22.9. The van der Waals surface area contributed by atoms with E-state index in [1.54, 1.807) is 24.3 Å². The zero-order valence-electron chi connectivity index (χ0n) is 28.2. The zero-order chi connectivity index (χ0) is 35.2. The summed E-state index contributed by atoms with van der Waals surface area (Å²) in [5.74, 6) is -0.951. The maximum absolute atomic E-state index is 11.6. The van der Waals surface area contributed by atoms with E-state index in [9.17, 15) is 29.4 Å². The normalized spacial score (nSPS) is 11.5. The fourth-order valence-electron chi connectivity index (χ4n) is 6.14. The number of benzene rings is 4. The van der Waals surface area contributed by atoms with E-state index in [1.807, 2.05) is 97.1 Å². The maximum atomic E-state index is 11.6. The van der Waals surface area contributed by atoms with Crippen molar-refractivity contribution in [1.82, 2.24) is 0 Å². The van der Waals surface area contributed by atoms with Crippen molar-refractivity contribution in [1.29, 1.82) is 0 Å². The molecule has 51 heavy (non-hydrogen) atoms. The van der Waals surface area contributed by atoms with Crippen molar-refractivity contribution in [2.24, 2.45) is 0 Å². The molecule has 0 spiro atoms. The van der Waals surface area contributed by atoms with Crippen molar-refractivity contribution < 1.29 is 92.6 Å². The van der Waals surface area contributed by atoms with Gasteiger partial charge in [0.25, 0.3) is 0 Å². The van der Waals surface area contributed by atoms with Crippen LogP contribution in [0.3, 0.4) is 0 Å². The van der Waals surface area contributed by atoms with Crippen molar-refractivity contribution in [2.75, 3.05) is 12.3 Å². The Morgan fingerprint density at radius 2 is 0.588 bits per heavy atom. The summed E-state index contributed by atoms with van der Waals surface area (Å²) < 4.78 is 0. The molecule has 0 atom stereocenters. The van der Waals surface area contributed by atoms with Crippen molar-refractivity contribution in [3.8, 4) is 0 Å². The second-order valence-electron chi connectivity index (χ2n) is 11.6. The molecule has 0 aliphatic heterocycles. The van der Waals surface area contributed by atoms with E-state index in [4.69, 9.17) is 0 Å². The predicted octanol–water partition coefficient (Wildman–Crippen LogP) is 3.70. The molecule has 4 aromatic carbocycles. The van der Waals surface area contributed by atoms with Crippen LogP contribution in [-0.2, 0) is 88.9 Å². The average molecular weight is 1270 g/mol. The van der Waals surface area contributed by atoms with Crippen molar-refractivity contribution in [3.05, 3.63) is 192 Å². The Labute approximate surface area is 347 Å². The maximum Gasteiger partial charge on any atom is 2.00 e. The number of hydrogen-bond acceptors (Lipinski definition) is 6. The molecule has 4 rings (SSSR count). The minimum atomic E-state index is -4.98. The van der Waals surface area contributed by atoms with Crippen LogP contribution in [-0.4, -0.2) is 12.3 Å². The third-order valence-electron chi connectivity index (χ3n) is 8.09. The molecule has 0 amide bonds. The second kappa shape index (κ2) is 24.8. The van der Waals surface area contributed by atoms with Crippen molar-refractivity contribution >= 4 is 15.9 Å². The van der Waals surface area contributed by atoms with E-state index in [0.29, 0.717) is 25.7 Å². The van der Waals surface area contributed by atoms with Crippen LogP contribution in [0.4, 0.5) is 0 Å². The van der Waals surface area contributed by atoms with Crippen LogP contribution in [0.2, 0.25) is 0 Å². The molecule has 0 saturated carbocycles. The monoisotopic (exact) mass is 1270 g/mol. The van der Waals surface area contributed by atoms with Crippen LogP contribution in [0, 0.1) is 0 Å². The molecule has 0 bridgehead atoms. The number of allylic oxidation sites excluding steroid dienone is 4. The molecular formula is C40H44O6P2Pt3. The largest absolute Gasteiger partial charge is 2.00 e. The van der Waals surface area contributed by atoms with E-state index in [1.165, 1.54) is 0 Å². The summed E-state index contributed by atoms with van der Waals surface area (Å²) in [4.78, 5) is 69.5. The summed E-state index contributed by atoms with van der Waals surface area (Å²) in [5, 5.41) is 0. The van der Waals surface area contributed by atoms with E-state index in [0.717, 1.165) is 44.5 Å². The molecule has 0 aromatic heterocycles. The molecule has 0 aliphatic rings. The van der Waals surface area contributed by atoms with Crippen LogP contribution in [0.5, 0.6) is 0 Å². The third-order valence-corrected chi connectivity index (χ3v) is 9.90. The van der Waals surface area contributed by atoms with Gasteiger partial charge in [-0.1, -0.05) is 0 Å². The Balaban J connectivity index is 0.000000926. The number of rotatable bonds is 16. The van der Waals surface area contributed by atoms with Gasteiger partial charge in [0.1, 0.15) is 0 Å². The minimum Gasteiger partial charge on any atom is 2.00 e. The fourth-order valence-corrected chi connectivity index (χ4v) is 8.02. The molecule has 6 nitrogen and oxygen atoms in total. The third kappa shape index (κ3) is 16.2. The summed E-state index contributed by atoms with van der Waals surface area (Å²) in [6.45, 7) is 15.0. The van der Waals surface area contributed by atoms with E-state index in [2.05, 4.69) is 26.3 Å². The quantitative estimate of drug-likeness (QED) is 0.124. The number of hydrogen-bond donors (Lipinski definition) is 0. The molecule has 0 saturated heterocycles. The molecule has 4 aromatic rings. The first-order valence-corrected chi connectivity index (χ1v) is 19.8. The Hall–Kier alpha value is -1.48. The molecule has 0 unspecified atom stereocenters. The Morgan fingerprint density at radius 1 is 0.392 bits per heavy atom. The zero-order valence-corrected chi connectivity index (χ0v) is 37.0. The Bertz CT molecular complexity index is 1440. The van der Waals surface area contributed by atoms with Gasteiger partial charge in [-0.15, -0.1) is 0 Å². The summed E-state index contributed by atoms with van der Waals surface area (Å²) in [7, 11) is -9.96. The molecular weight excluding hydrogens is 1220 g/mol. The molecule has 0 aliphatic carbocycles. The molecule has 0 heterocycles. The van der Waals surface area contributed by atoms with Crippen molar-refractivity contribution in [3.63, 3.8) is 0 Å². The first-order valence-electron chi connectivity index (χ1n) is 15.9. The van der Waals surface area contributed by atoms with Gasteiger partial charge >= 0.3 is 350 Å². The molecule has 0 fully saturated rings. The van der Waals surface area contributed by atoms with E-state index < -0.39 is 40.0 Å². The van der Waals surface area contributed by atoms with Gasteiger partial charge < -0.3 is 0 Å². The first kappa shape index (κ1) is 49.5. The van der Waals surface area contributed by atoms with Crippen LogP contribution in [0.1, 0.15) is 56.3 Å². The van der Waals surface area contributed by atoms with Crippen LogP contribution >= 0.6 is 15.9 Å². The summed E-state index contributed by atoms with van der Waals surface area (Å²) in [6, 6.07) is 30.5. The Kier molecular flexibility index (Phi) is 24.0. The van der Waals surface area contributed by atoms with E-state index in [-0.39, 0.29) is 63.2 Å². The van der Waals surface area contributed by atoms with E-state index >= 15 is 0 Å². The standard InChI is InChI=1S/2C20H22O3P.3Pt/c2*1-3-9-16-11-5-7-13-18(16)20(15-24(21,22)23)19-14-8-6-12-17(19)10-4-2;;;/h2*3-8,11-14,20,24H,1-2,9-10,15H2;;;/q2*-3;3*+2. The van der Waals surface area contributed by atoms with Gasteiger partial charge in [-0.3, -0.25) is 0 Å².